The molecular formula is C11H17N3O4S2. The highest BCUT2D eigenvalue weighted by molar-refractivity contribution is 7.92. The van der Waals surface area contributed by atoms with Crippen molar-refractivity contribution < 1.29 is 16.8 Å². The summed E-state index contributed by atoms with van der Waals surface area (Å²) in [4.78, 5) is 3.93. The van der Waals surface area contributed by atoms with E-state index in [0.29, 0.717) is 5.69 Å². The number of nitrogens with one attached hydrogen (secondary N) is 1. The highest BCUT2D eigenvalue weighted by Crippen LogP contribution is 2.25. The van der Waals surface area contributed by atoms with Crippen LogP contribution in [0.5, 0.6) is 0 Å². The van der Waals surface area contributed by atoms with Crippen molar-refractivity contribution in [1.82, 2.24) is 9.29 Å². The monoisotopic (exact) mass is 319 g/mol. The first-order valence-corrected chi connectivity index (χ1v) is 9.39. The molecule has 1 aliphatic heterocycles. The summed E-state index contributed by atoms with van der Waals surface area (Å²) in [7, 11) is -5.36. The molecule has 7 nitrogen and oxygen atoms in total. The van der Waals surface area contributed by atoms with E-state index in [1.807, 2.05) is 0 Å². The van der Waals surface area contributed by atoms with Gasteiger partial charge in [0.05, 0.1) is 17.2 Å². The Balaban J connectivity index is 2.41. The Labute approximate surface area is 119 Å². The number of sulfonamides is 1. The standard InChI is InChI=1S/C11H17N3O4S2/c1-9-8-19(15,16)7-6-14(9)20(17,18)11-10(12-2)4-3-5-13-11/h3-5,9,12H,6-8H2,1-2H3. The summed E-state index contributed by atoms with van der Waals surface area (Å²) in [6, 6.07) is 2.66. The summed E-state index contributed by atoms with van der Waals surface area (Å²) in [5.74, 6) is -0.313. The van der Waals surface area contributed by atoms with Gasteiger partial charge in [0, 0.05) is 25.8 Å². The van der Waals surface area contributed by atoms with E-state index >= 15 is 0 Å². The van der Waals surface area contributed by atoms with Crippen molar-refractivity contribution in [3.63, 3.8) is 0 Å². The van der Waals surface area contributed by atoms with Crippen molar-refractivity contribution in [2.75, 3.05) is 30.4 Å². The molecule has 1 atom stereocenters. The molecular weight excluding hydrogens is 302 g/mol. The van der Waals surface area contributed by atoms with Crippen LogP contribution in [-0.4, -0.2) is 57.3 Å². The van der Waals surface area contributed by atoms with Gasteiger partial charge in [0.15, 0.2) is 14.9 Å². The number of rotatable bonds is 3. The van der Waals surface area contributed by atoms with Crippen molar-refractivity contribution in [2.45, 2.75) is 18.0 Å². The molecule has 0 amide bonds. The number of sulfone groups is 1. The van der Waals surface area contributed by atoms with Crippen LogP contribution in [0, 0.1) is 0 Å². The van der Waals surface area contributed by atoms with E-state index in [9.17, 15) is 16.8 Å². The largest absolute Gasteiger partial charge is 0.386 e. The average molecular weight is 319 g/mol. The van der Waals surface area contributed by atoms with Gasteiger partial charge in [-0.2, -0.15) is 4.31 Å². The second kappa shape index (κ2) is 5.30. The molecule has 1 saturated heterocycles. The minimum absolute atomic E-state index is 0.0361. The van der Waals surface area contributed by atoms with Crippen molar-refractivity contribution in [1.29, 1.82) is 0 Å². The fraction of sp³-hybridized carbons (Fsp3) is 0.545. The third kappa shape index (κ3) is 2.79. The molecule has 112 valence electrons. The zero-order chi connectivity index (χ0) is 15.0. The van der Waals surface area contributed by atoms with Crippen LogP contribution >= 0.6 is 0 Å². The molecule has 1 aromatic rings. The summed E-state index contributed by atoms with van der Waals surface area (Å²) in [5, 5.41) is 2.71. The summed E-state index contributed by atoms with van der Waals surface area (Å²) in [6.07, 6.45) is 1.40. The smallest absolute Gasteiger partial charge is 0.262 e. The molecule has 2 heterocycles. The van der Waals surface area contributed by atoms with E-state index in [1.54, 1.807) is 26.1 Å². The van der Waals surface area contributed by atoms with E-state index in [0.717, 1.165) is 0 Å². The number of nitrogens with zero attached hydrogens (tertiary/aromatic N) is 2. The Kier molecular flexibility index (Phi) is 4.03. The van der Waals surface area contributed by atoms with Gasteiger partial charge in [-0.15, -0.1) is 0 Å². The van der Waals surface area contributed by atoms with Gasteiger partial charge in [0.25, 0.3) is 10.0 Å². The molecule has 1 aliphatic rings. The third-order valence-corrected chi connectivity index (χ3v) is 6.97. The van der Waals surface area contributed by atoms with Crippen LogP contribution in [0.1, 0.15) is 6.92 Å². The average Bonchev–Trinajstić information content (AvgIpc) is 2.37. The zero-order valence-corrected chi connectivity index (χ0v) is 12.9. The lowest BCUT2D eigenvalue weighted by Crippen LogP contribution is -2.49. The molecule has 2 rings (SSSR count). The maximum atomic E-state index is 12.6. The molecule has 0 saturated carbocycles. The SMILES string of the molecule is CNc1cccnc1S(=O)(=O)N1CCS(=O)(=O)CC1C. The van der Waals surface area contributed by atoms with E-state index < -0.39 is 25.9 Å². The second-order valence-electron chi connectivity index (χ2n) is 4.69. The van der Waals surface area contributed by atoms with E-state index in [4.69, 9.17) is 0 Å². The number of pyridine rings is 1. The molecule has 0 aromatic carbocycles. The molecule has 9 heteroatoms. The summed E-state index contributed by atoms with van der Waals surface area (Å²) in [5.41, 5.74) is 0.396. The lowest BCUT2D eigenvalue weighted by molar-refractivity contribution is 0.355. The van der Waals surface area contributed by atoms with Crippen LogP contribution in [0.2, 0.25) is 0 Å². The van der Waals surface area contributed by atoms with Crippen LogP contribution in [0.25, 0.3) is 0 Å². The van der Waals surface area contributed by atoms with E-state index in [-0.39, 0.29) is 23.1 Å². The topological polar surface area (TPSA) is 96.4 Å². The molecule has 0 bridgehead atoms. The maximum absolute atomic E-state index is 12.6. The molecule has 0 spiro atoms. The van der Waals surface area contributed by atoms with Gasteiger partial charge in [-0.1, -0.05) is 0 Å². The van der Waals surface area contributed by atoms with Gasteiger partial charge in [0.1, 0.15) is 0 Å². The number of aromatic nitrogens is 1. The molecule has 1 N–H and O–H groups in total. The fourth-order valence-electron chi connectivity index (χ4n) is 2.24. The lowest BCUT2D eigenvalue weighted by Gasteiger charge is -2.32. The lowest BCUT2D eigenvalue weighted by atomic mass is 10.4. The van der Waals surface area contributed by atoms with Gasteiger partial charge >= 0.3 is 0 Å². The molecule has 0 aliphatic carbocycles. The molecule has 1 fully saturated rings. The fourth-order valence-corrected chi connectivity index (χ4v) is 5.75. The minimum Gasteiger partial charge on any atom is -0.386 e. The number of hydrogen-bond acceptors (Lipinski definition) is 6. The highest BCUT2D eigenvalue weighted by Gasteiger charge is 2.38. The van der Waals surface area contributed by atoms with E-state index in [1.165, 1.54) is 10.5 Å². The Bertz CT molecular complexity index is 700. The van der Waals surface area contributed by atoms with Gasteiger partial charge < -0.3 is 5.32 Å². The van der Waals surface area contributed by atoms with E-state index in [2.05, 4.69) is 10.3 Å². The Hall–Kier alpha value is -1.19. The first-order chi connectivity index (χ1) is 9.28. The molecule has 0 radical (unpaired) electrons. The quantitative estimate of drug-likeness (QED) is 0.838. The summed E-state index contributed by atoms with van der Waals surface area (Å²) in [6.45, 7) is 1.56. The molecule has 1 unspecified atom stereocenters. The predicted molar refractivity (Wildman–Crippen MR) is 75.8 cm³/mol. The zero-order valence-electron chi connectivity index (χ0n) is 11.3. The van der Waals surface area contributed by atoms with Crippen molar-refractivity contribution in [3.05, 3.63) is 18.3 Å². The van der Waals surface area contributed by atoms with Crippen molar-refractivity contribution in [2.24, 2.45) is 0 Å². The maximum Gasteiger partial charge on any atom is 0.262 e. The number of hydrogen-bond donors (Lipinski definition) is 1. The minimum atomic E-state index is -3.81. The predicted octanol–water partition coefficient (Wildman–Crippen LogP) is -0.0691. The van der Waals surface area contributed by atoms with Crippen LogP contribution in [0.3, 0.4) is 0 Å². The van der Waals surface area contributed by atoms with Crippen LogP contribution in [-0.2, 0) is 19.9 Å². The Morgan fingerprint density at radius 2 is 2.15 bits per heavy atom. The Morgan fingerprint density at radius 3 is 2.75 bits per heavy atom. The van der Waals surface area contributed by atoms with Crippen LogP contribution < -0.4 is 5.32 Å². The third-order valence-electron chi connectivity index (χ3n) is 3.20. The summed E-state index contributed by atoms with van der Waals surface area (Å²) < 4.78 is 49.5. The molecule has 1 aromatic heterocycles. The second-order valence-corrected chi connectivity index (χ2v) is 8.72. The van der Waals surface area contributed by atoms with Crippen molar-refractivity contribution in [3.8, 4) is 0 Å². The first-order valence-electron chi connectivity index (χ1n) is 6.13. The van der Waals surface area contributed by atoms with Crippen molar-refractivity contribution >= 4 is 25.5 Å². The van der Waals surface area contributed by atoms with Gasteiger partial charge in [-0.25, -0.2) is 21.8 Å². The highest BCUT2D eigenvalue weighted by atomic mass is 32.2. The van der Waals surface area contributed by atoms with Gasteiger partial charge in [-0.3, -0.25) is 0 Å². The Morgan fingerprint density at radius 1 is 1.45 bits per heavy atom. The summed E-state index contributed by atoms with van der Waals surface area (Å²) >= 11 is 0. The van der Waals surface area contributed by atoms with Gasteiger partial charge in [-0.05, 0) is 19.1 Å². The van der Waals surface area contributed by atoms with Crippen LogP contribution in [0.4, 0.5) is 5.69 Å². The van der Waals surface area contributed by atoms with Crippen LogP contribution in [0.15, 0.2) is 23.4 Å². The normalized spacial score (nSPS) is 23.4. The van der Waals surface area contributed by atoms with Gasteiger partial charge in [0.2, 0.25) is 0 Å². The number of anilines is 1. The first kappa shape index (κ1) is 15.2. The molecule has 20 heavy (non-hydrogen) atoms.